The number of rotatable bonds is 2. The maximum absolute atomic E-state index is 5.09. The largest absolute Gasteiger partial charge is 0.256 e. The topological polar surface area (TPSA) is 25.8 Å². The van der Waals surface area contributed by atoms with Crippen molar-refractivity contribution in [1.29, 1.82) is 0 Å². The molecule has 0 amide bonds. The molecule has 0 bridgehead atoms. The molecule has 3 heteroatoms. The van der Waals surface area contributed by atoms with Crippen LogP contribution in [0.25, 0.3) is 76.7 Å². The smallest absolute Gasteiger partial charge is 0.0792 e. The minimum atomic E-state index is -1.20. The van der Waals surface area contributed by atoms with E-state index in [9.17, 15) is 0 Å². The lowest BCUT2D eigenvalue weighted by molar-refractivity contribution is 1.36. The number of fused-ring (bicyclic) bond motifs is 7. The molecule has 1 aliphatic rings. The third-order valence-corrected chi connectivity index (χ3v) is 12.1. The molecule has 0 fully saturated rings. The quantitative estimate of drug-likeness (QED) is 0.185. The molecule has 0 unspecified atom stereocenters. The van der Waals surface area contributed by atoms with Crippen molar-refractivity contribution in [3.8, 4) is 33.6 Å². The molecule has 0 radical (unpaired) electrons. The van der Waals surface area contributed by atoms with Crippen LogP contribution in [0.4, 0.5) is 0 Å². The van der Waals surface area contributed by atoms with Crippen molar-refractivity contribution < 1.29 is 0 Å². The highest BCUT2D eigenvalue weighted by molar-refractivity contribution is 8.33. The fraction of sp³-hybridized carbons (Fsp3) is 0.0952. The molecule has 9 rings (SSSR count). The van der Waals surface area contributed by atoms with E-state index in [-0.39, 0.29) is 0 Å². The third-order valence-electron chi connectivity index (χ3n) is 9.22. The van der Waals surface area contributed by atoms with E-state index in [4.69, 9.17) is 9.97 Å². The Morgan fingerprint density at radius 3 is 1.47 bits per heavy atom. The summed E-state index contributed by atoms with van der Waals surface area (Å²) >= 11 is 0. The predicted octanol–water partition coefficient (Wildman–Crippen LogP) is 11.9. The second-order valence-electron chi connectivity index (χ2n) is 11.8. The normalized spacial score (nSPS) is 13.8. The van der Waals surface area contributed by atoms with Gasteiger partial charge in [-0.2, -0.15) is 10.0 Å². The van der Waals surface area contributed by atoms with E-state index >= 15 is 0 Å². The highest BCUT2D eigenvalue weighted by atomic mass is 32.3. The molecule has 8 aromatic rings. The fourth-order valence-corrected chi connectivity index (χ4v) is 9.75. The first-order valence-corrected chi connectivity index (χ1v) is 18.1. The van der Waals surface area contributed by atoms with Gasteiger partial charge in [-0.15, -0.1) is 0 Å². The van der Waals surface area contributed by atoms with Crippen LogP contribution < -0.4 is 0 Å². The van der Waals surface area contributed by atoms with E-state index in [1.54, 1.807) is 0 Å². The van der Waals surface area contributed by atoms with Crippen LogP contribution in [0.15, 0.2) is 144 Å². The molecule has 2 aromatic heterocycles. The average Bonchev–Trinajstić information content (AvgIpc) is 3.32. The molecule has 3 heterocycles. The van der Waals surface area contributed by atoms with Crippen LogP contribution in [-0.4, -0.2) is 22.5 Å². The zero-order valence-corrected chi connectivity index (χ0v) is 26.8. The van der Waals surface area contributed by atoms with Crippen LogP contribution >= 0.6 is 10.0 Å². The summed E-state index contributed by atoms with van der Waals surface area (Å²) in [6, 6.07) is 44.2. The molecule has 0 saturated heterocycles. The monoisotopic (exact) mass is 598 g/mol. The van der Waals surface area contributed by atoms with Crippen LogP contribution in [0.5, 0.6) is 0 Å². The molecule has 0 spiro atoms. The van der Waals surface area contributed by atoms with Crippen LogP contribution in [0.3, 0.4) is 0 Å². The van der Waals surface area contributed by atoms with Crippen molar-refractivity contribution in [2.45, 2.75) is 23.6 Å². The molecule has 0 N–H and O–H groups in total. The van der Waals surface area contributed by atoms with E-state index in [1.807, 2.05) is 26.2 Å². The summed E-state index contributed by atoms with van der Waals surface area (Å²) < 4.78 is 0. The van der Waals surface area contributed by atoms with Gasteiger partial charge in [0, 0.05) is 44.1 Å². The second-order valence-corrected chi connectivity index (χ2v) is 15.3. The molecule has 0 atom stereocenters. The highest BCUT2D eigenvalue weighted by Crippen LogP contribution is 2.68. The first-order chi connectivity index (χ1) is 22.1. The predicted molar refractivity (Wildman–Crippen MR) is 196 cm³/mol. The first kappa shape index (κ1) is 27.6. The summed E-state index contributed by atoms with van der Waals surface area (Å²) in [4.78, 5) is 13.1. The number of hydrogen-bond donors (Lipinski definition) is 0. The van der Waals surface area contributed by atoms with Crippen LogP contribution in [0.2, 0.25) is 0 Å². The van der Waals surface area contributed by atoms with Gasteiger partial charge in [0.25, 0.3) is 0 Å². The van der Waals surface area contributed by atoms with Gasteiger partial charge in [-0.05, 0) is 86.3 Å². The Hall–Kier alpha value is -4.99. The first-order valence-electron chi connectivity index (χ1n) is 15.6. The van der Waals surface area contributed by atoms with E-state index in [1.165, 1.54) is 75.1 Å². The summed E-state index contributed by atoms with van der Waals surface area (Å²) in [5.74, 6) is 0. The van der Waals surface area contributed by atoms with Crippen molar-refractivity contribution >= 4 is 53.1 Å². The molecule has 2 nitrogen and oxygen atoms in total. The molecule has 45 heavy (non-hydrogen) atoms. The van der Waals surface area contributed by atoms with Crippen molar-refractivity contribution in [3.63, 3.8) is 0 Å². The van der Waals surface area contributed by atoms with Gasteiger partial charge in [0.05, 0.1) is 11.4 Å². The van der Waals surface area contributed by atoms with E-state index in [0.717, 1.165) is 11.4 Å². The van der Waals surface area contributed by atoms with Crippen LogP contribution in [0, 0.1) is 0 Å². The molecule has 218 valence electrons. The van der Waals surface area contributed by atoms with Gasteiger partial charge >= 0.3 is 0 Å². The summed E-state index contributed by atoms with van der Waals surface area (Å²) in [7, 11) is -1.20. The van der Waals surface area contributed by atoms with Gasteiger partial charge in [-0.25, -0.2) is 0 Å². The Bertz CT molecular complexity index is 2430. The number of nitrogens with zero attached hydrogens (tertiary/aromatic N) is 2. The average molecular weight is 599 g/mol. The van der Waals surface area contributed by atoms with Crippen molar-refractivity contribution in [2.75, 3.05) is 12.5 Å². The van der Waals surface area contributed by atoms with Gasteiger partial charge in [-0.1, -0.05) is 105 Å². The van der Waals surface area contributed by atoms with Gasteiger partial charge in [0.2, 0.25) is 0 Å². The lowest BCUT2D eigenvalue weighted by Crippen LogP contribution is -1.97. The molecule has 6 aromatic carbocycles. The summed E-state index contributed by atoms with van der Waals surface area (Å²) in [6.07, 6.45) is 8.78. The summed E-state index contributed by atoms with van der Waals surface area (Å²) in [5, 5.41) is 9.58. The molecule has 0 aliphatic carbocycles. The zero-order valence-electron chi connectivity index (χ0n) is 26.0. The molecule has 1 aliphatic heterocycles. The highest BCUT2D eigenvalue weighted by Gasteiger charge is 2.33. The van der Waals surface area contributed by atoms with Crippen molar-refractivity contribution in [3.05, 3.63) is 134 Å². The second kappa shape index (κ2) is 10.6. The number of hydrogen-bond acceptors (Lipinski definition) is 2. The number of pyridine rings is 2. The minimum Gasteiger partial charge on any atom is -0.256 e. The zero-order chi connectivity index (χ0) is 30.7. The van der Waals surface area contributed by atoms with Crippen molar-refractivity contribution in [1.82, 2.24) is 9.97 Å². The number of benzene rings is 6. The van der Waals surface area contributed by atoms with Crippen LogP contribution in [-0.2, 0) is 0 Å². The van der Waals surface area contributed by atoms with Gasteiger partial charge in [0.1, 0.15) is 0 Å². The Kier molecular flexibility index (Phi) is 6.47. The maximum Gasteiger partial charge on any atom is 0.0792 e. The van der Waals surface area contributed by atoms with Crippen LogP contribution in [0.1, 0.15) is 13.8 Å². The Morgan fingerprint density at radius 1 is 0.422 bits per heavy atom. The maximum atomic E-state index is 5.09. The van der Waals surface area contributed by atoms with E-state index in [0.29, 0.717) is 0 Å². The Balaban J connectivity index is 0.00000147. The fourth-order valence-electron chi connectivity index (χ4n) is 7.24. The van der Waals surface area contributed by atoms with Gasteiger partial charge in [-0.3, -0.25) is 9.97 Å². The number of aromatic nitrogens is 2. The standard InChI is InChI=1S/C40H28N2S.C2H6/c1-43(2)35-18-10-9-15-29(35)32-23-33-34(24-36(32)43)38(40-28-14-6-4-12-26(28)20-22-42-40)31-17-8-7-16-30(31)37(33)39-27-13-5-3-11-25(27)19-21-41-39;1-2/h3-24H,1-2H3;1-2H3. The van der Waals surface area contributed by atoms with E-state index in [2.05, 4.69) is 134 Å². The third kappa shape index (κ3) is 4.04. The molecular weight excluding hydrogens is 565 g/mol. The Morgan fingerprint density at radius 2 is 0.889 bits per heavy atom. The summed E-state index contributed by atoms with van der Waals surface area (Å²) in [5.41, 5.74) is 7.13. The van der Waals surface area contributed by atoms with Crippen molar-refractivity contribution in [2.24, 2.45) is 0 Å². The lowest BCUT2D eigenvalue weighted by Gasteiger charge is -2.29. The van der Waals surface area contributed by atoms with E-state index < -0.39 is 10.0 Å². The lowest BCUT2D eigenvalue weighted by atomic mass is 9.85. The molecular formula is C42H34N2S. The SMILES string of the molecule is CC.CS1(C)c2ccccc2-c2cc3c(-c4nccc5ccccc45)c4ccccc4c(-c4nccc5ccccc45)c3cc21. The minimum absolute atomic E-state index is 1.02. The van der Waals surface area contributed by atoms with Gasteiger partial charge < -0.3 is 0 Å². The van der Waals surface area contributed by atoms with Gasteiger partial charge in [0.15, 0.2) is 0 Å². The summed E-state index contributed by atoms with van der Waals surface area (Å²) in [6.45, 7) is 4.00. The molecule has 0 saturated carbocycles. The Labute approximate surface area is 265 Å².